The van der Waals surface area contributed by atoms with Gasteiger partial charge in [0.05, 0.1) is 6.61 Å². The molecule has 8 heteroatoms. The molecule has 0 bridgehead atoms. The van der Waals surface area contributed by atoms with Gasteiger partial charge in [-0.15, -0.1) is 0 Å². The molecule has 0 spiro atoms. The smallest absolute Gasteiger partial charge is 0.475 e. The fraction of sp³-hybridized carbons (Fsp3) is 0.889. The first-order chi connectivity index (χ1) is 12.3. The lowest BCUT2D eigenvalue weighted by molar-refractivity contribution is -0.192. The number of rotatable bonds is 14. The third-order valence-corrected chi connectivity index (χ3v) is 3.59. The number of unbranched alkanes of at least 4 members (excludes halogenated alkanes) is 9. The van der Waals surface area contributed by atoms with Gasteiger partial charge in [-0.05, 0) is 25.8 Å². The summed E-state index contributed by atoms with van der Waals surface area (Å²) in [5.74, 6) is -2.80. The number of carbonyl (C=O) groups is 2. The fourth-order valence-corrected chi connectivity index (χ4v) is 2.08. The molecule has 0 rings (SSSR count). The standard InChI is InChI=1S/C16H33NO2.C2HF3O2/c1-2-3-4-5-6-7-8-9-10-13-16(18)19-15-12-11-14-17;3-2(4,5)1(6)7/h2-15,17H2,1H3;(H,6,7). The Hall–Kier alpha value is -1.31. The molecule has 0 aromatic heterocycles. The summed E-state index contributed by atoms with van der Waals surface area (Å²) < 4.78 is 36.9. The van der Waals surface area contributed by atoms with Crippen molar-refractivity contribution in [3.63, 3.8) is 0 Å². The van der Waals surface area contributed by atoms with Gasteiger partial charge in [0.1, 0.15) is 0 Å². The van der Waals surface area contributed by atoms with Crippen molar-refractivity contribution in [3.8, 4) is 0 Å². The third kappa shape index (κ3) is 22.7. The van der Waals surface area contributed by atoms with E-state index in [2.05, 4.69) is 6.92 Å². The van der Waals surface area contributed by atoms with E-state index in [9.17, 15) is 18.0 Å². The Morgan fingerprint density at radius 1 is 0.885 bits per heavy atom. The molecule has 5 nitrogen and oxygen atoms in total. The number of carbonyl (C=O) groups excluding carboxylic acids is 1. The van der Waals surface area contributed by atoms with Crippen molar-refractivity contribution < 1.29 is 32.6 Å². The van der Waals surface area contributed by atoms with Crippen LogP contribution in [0.3, 0.4) is 0 Å². The number of hydrogen-bond acceptors (Lipinski definition) is 4. The van der Waals surface area contributed by atoms with Gasteiger partial charge in [-0.3, -0.25) is 4.79 Å². The van der Waals surface area contributed by atoms with Crippen LogP contribution in [0.2, 0.25) is 0 Å². The number of nitrogens with two attached hydrogens (primary N) is 1. The minimum atomic E-state index is -5.08. The van der Waals surface area contributed by atoms with Crippen molar-refractivity contribution in [2.45, 2.75) is 90.1 Å². The zero-order valence-electron chi connectivity index (χ0n) is 15.8. The summed E-state index contributed by atoms with van der Waals surface area (Å²) in [7, 11) is 0. The Balaban J connectivity index is 0. The van der Waals surface area contributed by atoms with Gasteiger partial charge in [0.15, 0.2) is 0 Å². The van der Waals surface area contributed by atoms with Gasteiger partial charge in [-0.25, -0.2) is 4.79 Å². The van der Waals surface area contributed by atoms with Gasteiger partial charge in [-0.2, -0.15) is 13.2 Å². The van der Waals surface area contributed by atoms with E-state index in [1.54, 1.807) is 0 Å². The van der Waals surface area contributed by atoms with Gasteiger partial charge in [0, 0.05) is 6.42 Å². The average molecular weight is 385 g/mol. The van der Waals surface area contributed by atoms with Gasteiger partial charge >= 0.3 is 18.1 Å². The molecule has 0 heterocycles. The van der Waals surface area contributed by atoms with Crippen LogP contribution in [0.15, 0.2) is 0 Å². The van der Waals surface area contributed by atoms with E-state index in [0.717, 1.165) is 25.7 Å². The lowest BCUT2D eigenvalue weighted by Crippen LogP contribution is -2.21. The second-order valence-electron chi connectivity index (χ2n) is 6.10. The number of ether oxygens (including phenoxy) is 1. The second kappa shape index (κ2) is 18.5. The molecule has 0 aliphatic carbocycles. The zero-order valence-corrected chi connectivity index (χ0v) is 15.8. The number of hydrogen-bond donors (Lipinski definition) is 2. The maximum Gasteiger partial charge on any atom is 0.490 e. The first-order valence-electron chi connectivity index (χ1n) is 9.41. The molecule has 0 aliphatic rings. The van der Waals surface area contributed by atoms with Crippen LogP contribution in [0.25, 0.3) is 0 Å². The Labute approximate surface area is 154 Å². The molecule has 0 aliphatic heterocycles. The highest BCUT2D eigenvalue weighted by atomic mass is 19.4. The lowest BCUT2D eigenvalue weighted by Gasteiger charge is -2.04. The van der Waals surface area contributed by atoms with E-state index in [0.29, 0.717) is 19.6 Å². The summed E-state index contributed by atoms with van der Waals surface area (Å²) in [4.78, 5) is 20.3. The lowest BCUT2D eigenvalue weighted by atomic mass is 10.1. The molecule has 0 saturated heterocycles. The molecule has 0 aromatic carbocycles. The molecule has 0 unspecified atom stereocenters. The minimum absolute atomic E-state index is 0.0417. The molecule has 0 atom stereocenters. The highest BCUT2D eigenvalue weighted by Crippen LogP contribution is 2.13. The van der Waals surface area contributed by atoms with Crippen LogP contribution in [-0.2, 0) is 14.3 Å². The summed E-state index contributed by atoms with van der Waals surface area (Å²) in [5, 5.41) is 7.12. The maximum absolute atomic E-state index is 11.4. The van der Waals surface area contributed by atoms with Crippen LogP contribution < -0.4 is 5.73 Å². The molecular formula is C18H34F3NO4. The predicted octanol–water partition coefficient (Wildman–Crippen LogP) is 4.82. The van der Waals surface area contributed by atoms with E-state index in [1.165, 1.54) is 44.9 Å². The molecule has 26 heavy (non-hydrogen) atoms. The van der Waals surface area contributed by atoms with E-state index in [-0.39, 0.29) is 5.97 Å². The molecule has 0 amide bonds. The highest BCUT2D eigenvalue weighted by molar-refractivity contribution is 5.73. The van der Waals surface area contributed by atoms with Crippen molar-refractivity contribution in [2.24, 2.45) is 5.73 Å². The number of carboxylic acid groups (broad SMARTS) is 1. The van der Waals surface area contributed by atoms with Gasteiger partial charge in [0.25, 0.3) is 0 Å². The topological polar surface area (TPSA) is 89.6 Å². The molecule has 0 radical (unpaired) electrons. The summed E-state index contributed by atoms with van der Waals surface area (Å²) in [6, 6.07) is 0. The van der Waals surface area contributed by atoms with Gasteiger partial charge in [-0.1, -0.05) is 58.3 Å². The van der Waals surface area contributed by atoms with Gasteiger partial charge in [0.2, 0.25) is 0 Å². The van der Waals surface area contributed by atoms with Crippen molar-refractivity contribution >= 4 is 11.9 Å². The van der Waals surface area contributed by atoms with E-state index < -0.39 is 12.1 Å². The maximum atomic E-state index is 11.4. The number of esters is 1. The quantitative estimate of drug-likeness (QED) is 0.330. The number of aliphatic carboxylic acids is 1. The summed E-state index contributed by atoms with van der Waals surface area (Å²) >= 11 is 0. The molecular weight excluding hydrogens is 351 g/mol. The molecule has 0 saturated carbocycles. The Morgan fingerprint density at radius 2 is 1.35 bits per heavy atom. The van der Waals surface area contributed by atoms with Crippen LogP contribution >= 0.6 is 0 Å². The van der Waals surface area contributed by atoms with Crippen molar-refractivity contribution in [1.82, 2.24) is 0 Å². The van der Waals surface area contributed by atoms with E-state index in [1.807, 2.05) is 0 Å². The molecule has 156 valence electrons. The predicted molar refractivity (Wildman–Crippen MR) is 94.8 cm³/mol. The van der Waals surface area contributed by atoms with Crippen LogP contribution in [0, 0.1) is 0 Å². The number of alkyl halides is 3. The van der Waals surface area contributed by atoms with Crippen LogP contribution in [-0.4, -0.2) is 36.4 Å². The summed E-state index contributed by atoms with van der Waals surface area (Å²) in [6.45, 7) is 3.46. The third-order valence-electron chi connectivity index (χ3n) is 3.59. The van der Waals surface area contributed by atoms with Crippen molar-refractivity contribution in [3.05, 3.63) is 0 Å². The van der Waals surface area contributed by atoms with E-state index in [4.69, 9.17) is 20.4 Å². The van der Waals surface area contributed by atoms with Gasteiger partial charge < -0.3 is 15.6 Å². The molecule has 0 aromatic rings. The molecule has 0 fully saturated rings. The normalized spacial score (nSPS) is 10.8. The number of halogens is 3. The van der Waals surface area contributed by atoms with Crippen molar-refractivity contribution in [1.29, 1.82) is 0 Å². The van der Waals surface area contributed by atoms with E-state index >= 15 is 0 Å². The first kappa shape index (κ1) is 26.9. The Kier molecular flexibility index (Phi) is 19.1. The minimum Gasteiger partial charge on any atom is -0.475 e. The Bertz CT molecular complexity index is 350. The SMILES string of the molecule is CCCCCCCCCCCC(=O)OCCCCN.O=C(O)C(F)(F)F. The summed E-state index contributed by atoms with van der Waals surface area (Å²) in [5.41, 5.74) is 5.37. The molecule has 3 N–H and O–H groups in total. The van der Waals surface area contributed by atoms with Crippen LogP contribution in [0.4, 0.5) is 13.2 Å². The van der Waals surface area contributed by atoms with Crippen molar-refractivity contribution in [2.75, 3.05) is 13.2 Å². The first-order valence-corrected chi connectivity index (χ1v) is 9.41. The monoisotopic (exact) mass is 385 g/mol. The summed E-state index contributed by atoms with van der Waals surface area (Å²) in [6.07, 6.45) is 8.82. The second-order valence-corrected chi connectivity index (χ2v) is 6.10. The average Bonchev–Trinajstić information content (AvgIpc) is 2.57. The Morgan fingerprint density at radius 3 is 1.77 bits per heavy atom. The largest absolute Gasteiger partial charge is 0.490 e. The zero-order chi connectivity index (χ0) is 20.3. The fourth-order valence-electron chi connectivity index (χ4n) is 2.08. The number of carboxylic acids is 1. The van der Waals surface area contributed by atoms with Crippen LogP contribution in [0.1, 0.15) is 84.0 Å². The van der Waals surface area contributed by atoms with Crippen LogP contribution in [0.5, 0.6) is 0 Å². The highest BCUT2D eigenvalue weighted by Gasteiger charge is 2.38.